The van der Waals surface area contributed by atoms with Crippen molar-refractivity contribution in [2.75, 3.05) is 0 Å². The maximum absolute atomic E-state index is 9.37. The number of hydrogen-bond acceptors (Lipinski definition) is 3. The Kier molecular flexibility index (Phi) is 10.3. The SMILES string of the molecule is CC1(O)CCCCC1.OC1CCCCC1.OC1CCCCC1. The second-order valence-corrected chi connectivity index (χ2v) is 7.64. The van der Waals surface area contributed by atoms with E-state index in [1.54, 1.807) is 0 Å². The number of aliphatic hydroxyl groups excluding tert-OH is 2. The van der Waals surface area contributed by atoms with E-state index in [-0.39, 0.29) is 17.8 Å². The van der Waals surface area contributed by atoms with Gasteiger partial charge in [-0.15, -0.1) is 0 Å². The Labute approximate surface area is 137 Å². The van der Waals surface area contributed by atoms with Crippen molar-refractivity contribution in [2.45, 2.75) is 121 Å². The van der Waals surface area contributed by atoms with E-state index in [0.29, 0.717) is 0 Å². The van der Waals surface area contributed by atoms with Crippen molar-refractivity contribution >= 4 is 0 Å². The van der Waals surface area contributed by atoms with Gasteiger partial charge in [0, 0.05) is 0 Å². The van der Waals surface area contributed by atoms with Gasteiger partial charge < -0.3 is 15.3 Å². The second kappa shape index (κ2) is 11.4. The number of rotatable bonds is 0. The Bertz CT molecular complexity index is 229. The van der Waals surface area contributed by atoms with E-state index in [1.165, 1.54) is 57.8 Å². The van der Waals surface area contributed by atoms with Gasteiger partial charge >= 0.3 is 0 Å². The minimum absolute atomic E-state index is 0.0359. The summed E-state index contributed by atoms with van der Waals surface area (Å²) in [6.07, 6.45) is 17.6. The van der Waals surface area contributed by atoms with Gasteiger partial charge in [0.2, 0.25) is 0 Å². The van der Waals surface area contributed by atoms with Crippen molar-refractivity contribution in [1.82, 2.24) is 0 Å². The van der Waals surface area contributed by atoms with Crippen molar-refractivity contribution in [3.63, 3.8) is 0 Å². The van der Waals surface area contributed by atoms with Gasteiger partial charge in [-0.1, -0.05) is 57.8 Å². The summed E-state index contributed by atoms with van der Waals surface area (Å²) < 4.78 is 0. The van der Waals surface area contributed by atoms with Crippen LogP contribution in [0.15, 0.2) is 0 Å². The van der Waals surface area contributed by atoms with Crippen molar-refractivity contribution in [3.05, 3.63) is 0 Å². The number of aliphatic hydroxyl groups is 3. The second-order valence-electron chi connectivity index (χ2n) is 7.64. The average molecular weight is 315 g/mol. The highest BCUT2D eigenvalue weighted by Crippen LogP contribution is 2.26. The third kappa shape index (κ3) is 10.6. The third-order valence-corrected chi connectivity index (χ3v) is 5.08. The topological polar surface area (TPSA) is 60.7 Å². The van der Waals surface area contributed by atoms with Gasteiger partial charge in [-0.25, -0.2) is 0 Å². The molecule has 0 spiro atoms. The molecule has 0 saturated heterocycles. The Balaban J connectivity index is 0.000000166. The summed E-state index contributed by atoms with van der Waals surface area (Å²) in [5.74, 6) is 0. The molecule has 22 heavy (non-hydrogen) atoms. The molecule has 0 radical (unpaired) electrons. The normalized spacial score (nSPS) is 26.2. The van der Waals surface area contributed by atoms with Gasteiger partial charge in [0.25, 0.3) is 0 Å². The maximum Gasteiger partial charge on any atom is 0.0619 e. The first kappa shape index (κ1) is 19.9. The zero-order chi connectivity index (χ0) is 16.3. The van der Waals surface area contributed by atoms with E-state index in [0.717, 1.165) is 38.5 Å². The van der Waals surface area contributed by atoms with Crippen LogP contribution in [-0.4, -0.2) is 33.1 Å². The molecule has 3 saturated carbocycles. The summed E-state index contributed by atoms with van der Waals surface area (Å²) in [5.41, 5.74) is -0.321. The van der Waals surface area contributed by atoms with E-state index < -0.39 is 0 Å². The molecule has 0 heterocycles. The van der Waals surface area contributed by atoms with Crippen LogP contribution < -0.4 is 0 Å². The van der Waals surface area contributed by atoms with Gasteiger partial charge in [0.15, 0.2) is 0 Å². The minimum Gasteiger partial charge on any atom is -0.393 e. The van der Waals surface area contributed by atoms with E-state index in [4.69, 9.17) is 10.2 Å². The van der Waals surface area contributed by atoms with Crippen LogP contribution in [0.1, 0.15) is 103 Å². The molecule has 0 atom stereocenters. The highest BCUT2D eigenvalue weighted by atomic mass is 16.3. The fourth-order valence-corrected chi connectivity index (χ4v) is 3.48. The molecule has 0 aromatic rings. The summed E-state index contributed by atoms with van der Waals surface area (Å²) in [6, 6.07) is 0. The quantitative estimate of drug-likeness (QED) is 0.624. The molecule has 3 aliphatic carbocycles. The van der Waals surface area contributed by atoms with Crippen LogP contribution in [0.5, 0.6) is 0 Å². The highest BCUT2D eigenvalue weighted by molar-refractivity contribution is 4.76. The Morgan fingerprint density at radius 3 is 1.09 bits per heavy atom. The average Bonchev–Trinajstić information content (AvgIpc) is 2.50. The monoisotopic (exact) mass is 314 g/mol. The molecular weight excluding hydrogens is 276 g/mol. The van der Waals surface area contributed by atoms with E-state index in [1.807, 2.05) is 6.92 Å². The van der Waals surface area contributed by atoms with Gasteiger partial charge in [-0.3, -0.25) is 0 Å². The van der Waals surface area contributed by atoms with Gasteiger partial charge in [-0.2, -0.15) is 0 Å². The van der Waals surface area contributed by atoms with Crippen LogP contribution >= 0.6 is 0 Å². The first-order valence-electron chi connectivity index (χ1n) is 9.58. The summed E-state index contributed by atoms with van der Waals surface area (Å²) >= 11 is 0. The minimum atomic E-state index is -0.321. The van der Waals surface area contributed by atoms with E-state index in [9.17, 15) is 5.11 Å². The summed E-state index contributed by atoms with van der Waals surface area (Å²) in [7, 11) is 0. The lowest BCUT2D eigenvalue weighted by Crippen LogP contribution is -2.26. The largest absolute Gasteiger partial charge is 0.393 e. The smallest absolute Gasteiger partial charge is 0.0619 e. The first-order valence-corrected chi connectivity index (χ1v) is 9.58. The van der Waals surface area contributed by atoms with Gasteiger partial charge in [0.1, 0.15) is 0 Å². The molecule has 3 nitrogen and oxygen atoms in total. The van der Waals surface area contributed by atoms with Crippen LogP contribution in [0.3, 0.4) is 0 Å². The highest BCUT2D eigenvalue weighted by Gasteiger charge is 2.22. The zero-order valence-electron chi connectivity index (χ0n) is 14.6. The van der Waals surface area contributed by atoms with Crippen molar-refractivity contribution in [3.8, 4) is 0 Å². The Hall–Kier alpha value is -0.120. The molecular formula is C19H38O3. The predicted molar refractivity (Wildman–Crippen MR) is 91.9 cm³/mol. The Morgan fingerprint density at radius 1 is 0.591 bits per heavy atom. The van der Waals surface area contributed by atoms with Crippen LogP contribution in [0.2, 0.25) is 0 Å². The molecule has 0 bridgehead atoms. The molecule has 3 rings (SSSR count). The molecule has 0 aromatic heterocycles. The molecule has 0 aliphatic heterocycles. The fourth-order valence-electron chi connectivity index (χ4n) is 3.48. The zero-order valence-corrected chi connectivity index (χ0v) is 14.6. The summed E-state index contributed by atoms with van der Waals surface area (Å²) in [6.45, 7) is 1.94. The molecule has 0 amide bonds. The predicted octanol–water partition coefficient (Wildman–Crippen LogP) is 4.32. The first-order chi connectivity index (χ1) is 10.5. The van der Waals surface area contributed by atoms with E-state index in [2.05, 4.69) is 0 Å². The van der Waals surface area contributed by atoms with Gasteiger partial charge in [-0.05, 0) is 45.4 Å². The summed E-state index contributed by atoms with van der Waals surface area (Å²) in [5, 5.41) is 27.2. The molecule has 3 N–H and O–H groups in total. The molecule has 0 aromatic carbocycles. The van der Waals surface area contributed by atoms with Crippen LogP contribution in [0.4, 0.5) is 0 Å². The van der Waals surface area contributed by atoms with Crippen LogP contribution in [0, 0.1) is 0 Å². The molecule has 3 heteroatoms. The van der Waals surface area contributed by atoms with Gasteiger partial charge in [0.05, 0.1) is 17.8 Å². The van der Waals surface area contributed by atoms with Crippen molar-refractivity contribution < 1.29 is 15.3 Å². The third-order valence-electron chi connectivity index (χ3n) is 5.08. The van der Waals surface area contributed by atoms with Crippen LogP contribution in [-0.2, 0) is 0 Å². The summed E-state index contributed by atoms with van der Waals surface area (Å²) in [4.78, 5) is 0. The molecule has 3 fully saturated rings. The van der Waals surface area contributed by atoms with Crippen LogP contribution in [0.25, 0.3) is 0 Å². The lowest BCUT2D eigenvalue weighted by atomic mass is 9.87. The maximum atomic E-state index is 9.37. The number of hydrogen-bond donors (Lipinski definition) is 3. The molecule has 3 aliphatic rings. The lowest BCUT2D eigenvalue weighted by Gasteiger charge is -2.27. The van der Waals surface area contributed by atoms with Crippen molar-refractivity contribution in [1.29, 1.82) is 0 Å². The Morgan fingerprint density at radius 2 is 0.909 bits per heavy atom. The fraction of sp³-hybridized carbons (Fsp3) is 1.00. The lowest BCUT2D eigenvalue weighted by molar-refractivity contribution is 0.0225. The van der Waals surface area contributed by atoms with Crippen molar-refractivity contribution in [2.24, 2.45) is 0 Å². The standard InChI is InChI=1S/C7H14O.2C6H12O/c1-7(8)5-3-2-4-6-7;2*7-6-4-2-1-3-5-6/h8H,2-6H2,1H3;2*6-7H,1-5H2. The van der Waals surface area contributed by atoms with E-state index >= 15 is 0 Å². The molecule has 0 unspecified atom stereocenters. The molecule has 132 valence electrons.